The first kappa shape index (κ1) is 17.5. The Bertz CT molecular complexity index is 854. The van der Waals surface area contributed by atoms with Gasteiger partial charge < -0.3 is 9.32 Å². The van der Waals surface area contributed by atoms with E-state index in [9.17, 15) is 4.79 Å². The third kappa shape index (κ3) is 4.21. The molecule has 1 heterocycles. The Hall–Kier alpha value is -2.31. The van der Waals surface area contributed by atoms with Crippen molar-refractivity contribution in [2.45, 2.75) is 12.1 Å². The van der Waals surface area contributed by atoms with Gasteiger partial charge in [-0.15, -0.1) is 10.2 Å². The van der Waals surface area contributed by atoms with Crippen molar-refractivity contribution < 1.29 is 9.21 Å². The zero-order valence-electron chi connectivity index (χ0n) is 13.6. The molecule has 1 amide bonds. The maximum absolute atomic E-state index is 12.5. The molecule has 0 spiro atoms. The van der Waals surface area contributed by atoms with Gasteiger partial charge in [0.15, 0.2) is 0 Å². The summed E-state index contributed by atoms with van der Waals surface area (Å²) in [5.74, 6) is 0.541. The molecule has 2 aromatic carbocycles. The Morgan fingerprint density at radius 2 is 1.84 bits per heavy atom. The number of hydrogen-bond donors (Lipinski definition) is 0. The molecule has 0 bridgehead atoms. The molecular formula is C18H16ClN3O2S. The van der Waals surface area contributed by atoms with Crippen LogP contribution in [0.2, 0.25) is 5.02 Å². The number of rotatable bonds is 6. The van der Waals surface area contributed by atoms with Gasteiger partial charge >= 0.3 is 0 Å². The summed E-state index contributed by atoms with van der Waals surface area (Å²) >= 11 is 7.34. The van der Waals surface area contributed by atoms with E-state index in [4.69, 9.17) is 16.0 Å². The van der Waals surface area contributed by atoms with Crippen molar-refractivity contribution in [3.05, 3.63) is 59.6 Å². The van der Waals surface area contributed by atoms with E-state index in [1.807, 2.05) is 55.5 Å². The summed E-state index contributed by atoms with van der Waals surface area (Å²) in [6.07, 6.45) is 0. The van der Waals surface area contributed by atoms with Gasteiger partial charge in [0.05, 0.1) is 16.3 Å². The molecule has 7 heteroatoms. The van der Waals surface area contributed by atoms with Gasteiger partial charge in [-0.3, -0.25) is 4.79 Å². The van der Waals surface area contributed by atoms with Gasteiger partial charge in [0.2, 0.25) is 11.8 Å². The highest BCUT2D eigenvalue weighted by atomic mass is 35.5. The molecular weight excluding hydrogens is 358 g/mol. The zero-order valence-corrected chi connectivity index (χ0v) is 15.1. The molecule has 0 aliphatic heterocycles. The number of amides is 1. The fourth-order valence-corrected chi connectivity index (χ4v) is 3.18. The molecule has 0 aliphatic carbocycles. The van der Waals surface area contributed by atoms with Crippen molar-refractivity contribution in [1.29, 1.82) is 0 Å². The summed E-state index contributed by atoms with van der Waals surface area (Å²) < 4.78 is 5.61. The molecule has 0 atom stereocenters. The van der Waals surface area contributed by atoms with Crippen LogP contribution in [0.15, 0.2) is 64.2 Å². The number of halogens is 1. The van der Waals surface area contributed by atoms with Crippen molar-refractivity contribution in [3.63, 3.8) is 0 Å². The average molecular weight is 374 g/mol. The Morgan fingerprint density at radius 1 is 1.12 bits per heavy atom. The Balaban J connectivity index is 1.66. The quantitative estimate of drug-likeness (QED) is 0.594. The summed E-state index contributed by atoms with van der Waals surface area (Å²) in [6.45, 7) is 2.54. The maximum Gasteiger partial charge on any atom is 0.277 e. The van der Waals surface area contributed by atoms with Crippen LogP contribution in [-0.2, 0) is 4.79 Å². The molecule has 25 heavy (non-hydrogen) atoms. The van der Waals surface area contributed by atoms with E-state index in [0.717, 1.165) is 5.69 Å². The second-order valence-electron chi connectivity index (χ2n) is 5.12. The molecule has 0 fully saturated rings. The number of anilines is 1. The second kappa shape index (κ2) is 8.18. The lowest BCUT2D eigenvalue weighted by Gasteiger charge is -2.20. The smallest absolute Gasteiger partial charge is 0.277 e. The molecule has 0 N–H and O–H groups in total. The first-order valence-electron chi connectivity index (χ1n) is 7.75. The van der Waals surface area contributed by atoms with E-state index >= 15 is 0 Å². The Kier molecular flexibility index (Phi) is 5.73. The van der Waals surface area contributed by atoms with Crippen molar-refractivity contribution in [3.8, 4) is 11.5 Å². The van der Waals surface area contributed by atoms with Crippen LogP contribution in [0.25, 0.3) is 11.5 Å². The second-order valence-corrected chi connectivity index (χ2v) is 6.45. The maximum atomic E-state index is 12.5. The van der Waals surface area contributed by atoms with Crippen LogP contribution >= 0.6 is 23.4 Å². The number of carbonyl (C=O) groups excluding carboxylic acids is 1. The van der Waals surface area contributed by atoms with E-state index in [2.05, 4.69) is 10.2 Å². The minimum Gasteiger partial charge on any atom is -0.411 e. The summed E-state index contributed by atoms with van der Waals surface area (Å²) in [4.78, 5) is 14.2. The van der Waals surface area contributed by atoms with E-state index in [1.165, 1.54) is 11.8 Å². The van der Waals surface area contributed by atoms with Gasteiger partial charge in [0.25, 0.3) is 5.22 Å². The molecule has 3 aromatic rings. The van der Waals surface area contributed by atoms with Gasteiger partial charge in [-0.1, -0.05) is 53.7 Å². The van der Waals surface area contributed by atoms with Crippen LogP contribution in [0.5, 0.6) is 0 Å². The lowest BCUT2D eigenvalue weighted by Crippen LogP contribution is -2.32. The van der Waals surface area contributed by atoms with E-state index in [-0.39, 0.29) is 11.7 Å². The van der Waals surface area contributed by atoms with E-state index in [0.29, 0.717) is 28.2 Å². The van der Waals surface area contributed by atoms with Crippen molar-refractivity contribution >= 4 is 35.0 Å². The van der Waals surface area contributed by atoms with Crippen LogP contribution in [-0.4, -0.2) is 28.4 Å². The van der Waals surface area contributed by atoms with Gasteiger partial charge in [-0.25, -0.2) is 0 Å². The van der Waals surface area contributed by atoms with Gasteiger partial charge in [0, 0.05) is 12.2 Å². The number of thioether (sulfide) groups is 1. The molecule has 1 aromatic heterocycles. The molecule has 0 unspecified atom stereocenters. The monoisotopic (exact) mass is 373 g/mol. The Morgan fingerprint density at radius 3 is 2.56 bits per heavy atom. The molecule has 0 radical (unpaired) electrons. The van der Waals surface area contributed by atoms with E-state index in [1.54, 1.807) is 11.0 Å². The minimum atomic E-state index is -0.0174. The molecule has 0 aliphatic rings. The number of hydrogen-bond acceptors (Lipinski definition) is 5. The number of nitrogens with zero attached hydrogens (tertiary/aromatic N) is 3. The van der Waals surface area contributed by atoms with Gasteiger partial charge in [-0.05, 0) is 31.2 Å². The normalized spacial score (nSPS) is 10.6. The predicted octanol–water partition coefficient (Wildman–Crippen LogP) is 4.54. The van der Waals surface area contributed by atoms with E-state index < -0.39 is 0 Å². The van der Waals surface area contributed by atoms with Crippen LogP contribution in [0.4, 0.5) is 5.69 Å². The number of para-hydroxylation sites is 1. The first-order chi connectivity index (χ1) is 12.2. The van der Waals surface area contributed by atoms with Crippen LogP contribution in [0.3, 0.4) is 0 Å². The van der Waals surface area contributed by atoms with Crippen LogP contribution in [0.1, 0.15) is 6.92 Å². The van der Waals surface area contributed by atoms with Gasteiger partial charge in [0.1, 0.15) is 0 Å². The third-order valence-electron chi connectivity index (χ3n) is 3.51. The van der Waals surface area contributed by atoms with Crippen LogP contribution < -0.4 is 4.90 Å². The SMILES string of the molecule is CCN(C(=O)CSc1nnc(-c2ccccc2Cl)o1)c1ccccc1. The summed E-state index contributed by atoms with van der Waals surface area (Å²) in [5, 5.41) is 8.86. The molecule has 0 saturated heterocycles. The van der Waals surface area contributed by atoms with Gasteiger partial charge in [-0.2, -0.15) is 0 Å². The topological polar surface area (TPSA) is 59.2 Å². The zero-order chi connectivity index (χ0) is 17.6. The first-order valence-corrected chi connectivity index (χ1v) is 9.12. The molecule has 5 nitrogen and oxygen atoms in total. The molecule has 3 rings (SSSR count). The molecule has 0 saturated carbocycles. The minimum absolute atomic E-state index is 0.0174. The highest BCUT2D eigenvalue weighted by Gasteiger charge is 2.17. The third-order valence-corrected chi connectivity index (χ3v) is 4.65. The van der Waals surface area contributed by atoms with Crippen molar-refractivity contribution in [1.82, 2.24) is 10.2 Å². The fraction of sp³-hybridized carbons (Fsp3) is 0.167. The largest absolute Gasteiger partial charge is 0.411 e. The average Bonchev–Trinajstić information content (AvgIpc) is 3.11. The Labute approximate surface area is 155 Å². The fourth-order valence-electron chi connectivity index (χ4n) is 2.32. The standard InChI is InChI=1S/C18H16ClN3O2S/c1-2-22(13-8-4-3-5-9-13)16(23)12-25-18-21-20-17(24-18)14-10-6-7-11-15(14)19/h3-11H,2,12H2,1H3. The highest BCUT2D eigenvalue weighted by Crippen LogP contribution is 2.28. The molecule has 128 valence electrons. The lowest BCUT2D eigenvalue weighted by molar-refractivity contribution is -0.116. The summed E-state index contributed by atoms with van der Waals surface area (Å²) in [7, 11) is 0. The predicted molar refractivity (Wildman–Crippen MR) is 99.9 cm³/mol. The number of benzene rings is 2. The summed E-state index contributed by atoms with van der Waals surface area (Å²) in [5.41, 5.74) is 1.55. The van der Waals surface area contributed by atoms with Crippen molar-refractivity contribution in [2.75, 3.05) is 17.2 Å². The van der Waals surface area contributed by atoms with Crippen LogP contribution in [0, 0.1) is 0 Å². The number of carbonyl (C=O) groups is 1. The van der Waals surface area contributed by atoms with Crippen molar-refractivity contribution in [2.24, 2.45) is 0 Å². The highest BCUT2D eigenvalue weighted by molar-refractivity contribution is 7.99. The lowest BCUT2D eigenvalue weighted by atomic mass is 10.2. The number of aromatic nitrogens is 2. The summed E-state index contributed by atoms with van der Waals surface area (Å²) in [6, 6.07) is 16.8.